The van der Waals surface area contributed by atoms with E-state index >= 15 is 0 Å². The van der Waals surface area contributed by atoms with Gasteiger partial charge in [-0.05, 0) is 13.0 Å². The summed E-state index contributed by atoms with van der Waals surface area (Å²) in [6.45, 7) is 4.53. The summed E-state index contributed by atoms with van der Waals surface area (Å²) in [6, 6.07) is 4.55. The zero-order valence-corrected chi connectivity index (χ0v) is 9.25. The first-order valence-corrected chi connectivity index (χ1v) is 5.43. The summed E-state index contributed by atoms with van der Waals surface area (Å²) >= 11 is 0. The molecular formula is C12H15F2NO. The normalized spacial score (nSPS) is 22.3. The summed E-state index contributed by atoms with van der Waals surface area (Å²) in [5.41, 5.74) is 0.411. The topological polar surface area (TPSA) is 12.5 Å². The van der Waals surface area contributed by atoms with Gasteiger partial charge in [-0.25, -0.2) is 8.78 Å². The molecule has 1 aliphatic rings. The monoisotopic (exact) mass is 227 g/mol. The van der Waals surface area contributed by atoms with E-state index in [-0.39, 0.29) is 6.04 Å². The van der Waals surface area contributed by atoms with Crippen LogP contribution in [0.3, 0.4) is 0 Å². The highest BCUT2D eigenvalue weighted by Gasteiger charge is 2.20. The standard InChI is InChI=1S/C12H15F2NO/c1-9-8-16-6-5-15(9)7-10-3-2-4-11(13)12(10)14/h2-4,9H,5-8H2,1H3/t9-/m1/s1. The molecule has 0 unspecified atom stereocenters. The molecule has 1 atom stereocenters. The lowest BCUT2D eigenvalue weighted by Gasteiger charge is -2.33. The van der Waals surface area contributed by atoms with Gasteiger partial charge in [0, 0.05) is 24.7 Å². The Balaban J connectivity index is 2.10. The first kappa shape index (κ1) is 11.5. The van der Waals surface area contributed by atoms with Crippen LogP contribution in [0.15, 0.2) is 18.2 Å². The van der Waals surface area contributed by atoms with Crippen LogP contribution < -0.4 is 0 Å². The lowest BCUT2D eigenvalue weighted by atomic mass is 10.1. The Bertz CT molecular complexity index is 370. The Kier molecular flexibility index (Phi) is 3.51. The second-order valence-corrected chi connectivity index (χ2v) is 4.11. The summed E-state index contributed by atoms with van der Waals surface area (Å²) < 4.78 is 31.8. The molecule has 4 heteroatoms. The minimum atomic E-state index is -0.779. The van der Waals surface area contributed by atoms with Gasteiger partial charge in [0.05, 0.1) is 13.2 Å². The first-order valence-electron chi connectivity index (χ1n) is 5.43. The van der Waals surface area contributed by atoms with Crippen molar-refractivity contribution in [3.05, 3.63) is 35.4 Å². The van der Waals surface area contributed by atoms with Gasteiger partial charge in [0.1, 0.15) is 0 Å². The summed E-state index contributed by atoms with van der Waals surface area (Å²) in [6.07, 6.45) is 0. The summed E-state index contributed by atoms with van der Waals surface area (Å²) in [7, 11) is 0. The molecule has 1 aliphatic heterocycles. The van der Waals surface area contributed by atoms with E-state index in [1.807, 2.05) is 6.92 Å². The number of halogens is 2. The number of morpholine rings is 1. The molecule has 0 saturated carbocycles. The Hall–Kier alpha value is -1.00. The minimum Gasteiger partial charge on any atom is -0.379 e. The molecule has 1 saturated heterocycles. The van der Waals surface area contributed by atoms with Crippen LogP contribution in [0.5, 0.6) is 0 Å². The first-order chi connectivity index (χ1) is 7.68. The van der Waals surface area contributed by atoms with Gasteiger partial charge in [0.2, 0.25) is 0 Å². The number of benzene rings is 1. The molecule has 0 aliphatic carbocycles. The van der Waals surface area contributed by atoms with Crippen molar-refractivity contribution in [1.82, 2.24) is 4.90 Å². The second-order valence-electron chi connectivity index (χ2n) is 4.11. The quantitative estimate of drug-likeness (QED) is 0.768. The van der Waals surface area contributed by atoms with E-state index in [0.717, 1.165) is 12.6 Å². The van der Waals surface area contributed by atoms with Gasteiger partial charge in [-0.2, -0.15) is 0 Å². The highest BCUT2D eigenvalue weighted by Crippen LogP contribution is 2.16. The number of hydrogen-bond donors (Lipinski definition) is 0. The van der Waals surface area contributed by atoms with Gasteiger partial charge in [-0.15, -0.1) is 0 Å². The van der Waals surface area contributed by atoms with Crippen molar-refractivity contribution in [1.29, 1.82) is 0 Å². The summed E-state index contributed by atoms with van der Waals surface area (Å²) in [5.74, 6) is -1.51. The minimum absolute atomic E-state index is 0.247. The average Bonchev–Trinajstić information content (AvgIpc) is 2.28. The van der Waals surface area contributed by atoms with Gasteiger partial charge in [-0.1, -0.05) is 12.1 Å². The molecule has 0 radical (unpaired) electrons. The van der Waals surface area contributed by atoms with Gasteiger partial charge in [0.15, 0.2) is 11.6 Å². The molecule has 0 aromatic heterocycles. The maximum absolute atomic E-state index is 13.5. The van der Waals surface area contributed by atoms with E-state index in [0.29, 0.717) is 25.3 Å². The fraction of sp³-hybridized carbons (Fsp3) is 0.500. The van der Waals surface area contributed by atoms with Crippen molar-refractivity contribution in [2.24, 2.45) is 0 Å². The average molecular weight is 227 g/mol. The van der Waals surface area contributed by atoms with Crippen LogP contribution in [-0.4, -0.2) is 30.7 Å². The fourth-order valence-corrected chi connectivity index (χ4v) is 1.89. The van der Waals surface area contributed by atoms with Gasteiger partial charge >= 0.3 is 0 Å². The third kappa shape index (κ3) is 2.39. The predicted octanol–water partition coefficient (Wildman–Crippen LogP) is 2.19. The SMILES string of the molecule is C[C@@H]1COCCN1Cc1cccc(F)c1F. The van der Waals surface area contributed by atoms with E-state index in [1.165, 1.54) is 0 Å². The van der Waals surface area contributed by atoms with Gasteiger partial charge in [-0.3, -0.25) is 4.90 Å². The molecule has 1 aromatic rings. The van der Waals surface area contributed by atoms with Crippen molar-refractivity contribution >= 4 is 0 Å². The molecule has 2 rings (SSSR count). The second kappa shape index (κ2) is 4.89. The Morgan fingerprint density at radius 2 is 2.25 bits per heavy atom. The number of rotatable bonds is 2. The van der Waals surface area contributed by atoms with Crippen LogP contribution >= 0.6 is 0 Å². The highest BCUT2D eigenvalue weighted by molar-refractivity contribution is 5.19. The van der Waals surface area contributed by atoms with E-state index in [2.05, 4.69) is 4.90 Å². The molecule has 0 amide bonds. The third-order valence-electron chi connectivity index (χ3n) is 2.91. The molecule has 0 N–H and O–H groups in total. The zero-order valence-electron chi connectivity index (χ0n) is 9.25. The molecular weight excluding hydrogens is 212 g/mol. The lowest BCUT2D eigenvalue weighted by molar-refractivity contribution is -0.00487. The largest absolute Gasteiger partial charge is 0.379 e. The highest BCUT2D eigenvalue weighted by atomic mass is 19.2. The Labute approximate surface area is 93.8 Å². The molecule has 1 heterocycles. The van der Waals surface area contributed by atoms with Crippen molar-refractivity contribution in [2.75, 3.05) is 19.8 Å². The van der Waals surface area contributed by atoms with Gasteiger partial charge < -0.3 is 4.74 Å². The van der Waals surface area contributed by atoms with Crippen LogP contribution in [0.1, 0.15) is 12.5 Å². The van der Waals surface area contributed by atoms with E-state index < -0.39 is 11.6 Å². The maximum Gasteiger partial charge on any atom is 0.163 e. The Morgan fingerprint density at radius 1 is 1.44 bits per heavy atom. The van der Waals surface area contributed by atoms with E-state index in [1.54, 1.807) is 12.1 Å². The van der Waals surface area contributed by atoms with Crippen LogP contribution in [0, 0.1) is 11.6 Å². The molecule has 0 spiro atoms. The predicted molar refractivity (Wildman–Crippen MR) is 57.0 cm³/mol. The number of nitrogens with zero attached hydrogens (tertiary/aromatic N) is 1. The molecule has 0 bridgehead atoms. The molecule has 1 aromatic carbocycles. The molecule has 2 nitrogen and oxygen atoms in total. The van der Waals surface area contributed by atoms with E-state index in [4.69, 9.17) is 4.74 Å². The number of ether oxygens (including phenoxy) is 1. The maximum atomic E-state index is 13.5. The molecule has 16 heavy (non-hydrogen) atoms. The van der Waals surface area contributed by atoms with Crippen molar-refractivity contribution in [3.63, 3.8) is 0 Å². The van der Waals surface area contributed by atoms with Crippen LogP contribution in [0.4, 0.5) is 8.78 Å². The van der Waals surface area contributed by atoms with Crippen molar-refractivity contribution in [3.8, 4) is 0 Å². The number of hydrogen-bond acceptors (Lipinski definition) is 2. The lowest BCUT2D eigenvalue weighted by Crippen LogP contribution is -2.43. The van der Waals surface area contributed by atoms with Crippen LogP contribution in [-0.2, 0) is 11.3 Å². The van der Waals surface area contributed by atoms with Crippen LogP contribution in [0.2, 0.25) is 0 Å². The smallest absolute Gasteiger partial charge is 0.163 e. The summed E-state index contributed by atoms with van der Waals surface area (Å²) in [5, 5.41) is 0. The summed E-state index contributed by atoms with van der Waals surface area (Å²) in [4.78, 5) is 2.10. The van der Waals surface area contributed by atoms with Gasteiger partial charge in [0.25, 0.3) is 0 Å². The molecule has 1 fully saturated rings. The van der Waals surface area contributed by atoms with Crippen LogP contribution in [0.25, 0.3) is 0 Å². The van der Waals surface area contributed by atoms with Crippen molar-refractivity contribution in [2.45, 2.75) is 19.5 Å². The molecule has 88 valence electrons. The fourth-order valence-electron chi connectivity index (χ4n) is 1.89. The third-order valence-corrected chi connectivity index (χ3v) is 2.91. The zero-order chi connectivity index (χ0) is 11.5. The van der Waals surface area contributed by atoms with Crippen molar-refractivity contribution < 1.29 is 13.5 Å². The van der Waals surface area contributed by atoms with E-state index in [9.17, 15) is 8.78 Å². The Morgan fingerprint density at radius 3 is 3.00 bits per heavy atom.